The Morgan fingerprint density at radius 2 is 2.06 bits per heavy atom. The van der Waals surface area contributed by atoms with Crippen LogP contribution >= 0.6 is 15.9 Å². The molecule has 0 saturated heterocycles. The van der Waals surface area contributed by atoms with Crippen molar-refractivity contribution in [2.75, 3.05) is 11.4 Å². The molecule has 1 aromatic rings. The molecule has 2 aliphatic carbocycles. The third kappa shape index (κ3) is 2.47. The number of benzene rings is 1. The predicted octanol–water partition coefficient (Wildman–Crippen LogP) is 3.70. The summed E-state index contributed by atoms with van der Waals surface area (Å²) in [6, 6.07) is 8.96. The molecule has 17 heavy (non-hydrogen) atoms. The smallest absolute Gasteiger partial charge is 0.101 e. The molecular weight excluding hydrogens is 276 g/mol. The number of hydrogen-bond acceptors (Lipinski definition) is 2. The van der Waals surface area contributed by atoms with Crippen LogP contribution in [0.5, 0.6) is 0 Å². The fourth-order valence-corrected chi connectivity index (χ4v) is 2.59. The average Bonchev–Trinajstić information content (AvgIpc) is 3.17. The second-order valence-corrected chi connectivity index (χ2v) is 6.02. The van der Waals surface area contributed by atoms with Crippen LogP contribution in [0.3, 0.4) is 0 Å². The molecule has 2 fully saturated rings. The quantitative estimate of drug-likeness (QED) is 0.845. The van der Waals surface area contributed by atoms with Crippen molar-refractivity contribution in [3.8, 4) is 6.07 Å². The first kappa shape index (κ1) is 11.1. The van der Waals surface area contributed by atoms with Crippen LogP contribution in [-0.4, -0.2) is 12.6 Å². The van der Waals surface area contributed by atoms with Crippen molar-refractivity contribution in [2.45, 2.75) is 31.7 Å². The summed E-state index contributed by atoms with van der Waals surface area (Å²) in [5.74, 6) is 0.862. The van der Waals surface area contributed by atoms with Crippen LogP contribution < -0.4 is 4.90 Å². The molecule has 0 amide bonds. The van der Waals surface area contributed by atoms with Gasteiger partial charge in [-0.25, -0.2) is 0 Å². The number of rotatable bonds is 4. The van der Waals surface area contributed by atoms with Gasteiger partial charge in [-0.3, -0.25) is 0 Å². The van der Waals surface area contributed by atoms with Gasteiger partial charge in [-0.15, -0.1) is 0 Å². The third-order valence-electron chi connectivity index (χ3n) is 3.53. The van der Waals surface area contributed by atoms with Crippen LogP contribution in [0.1, 0.15) is 31.2 Å². The van der Waals surface area contributed by atoms with Crippen LogP contribution in [0.15, 0.2) is 22.7 Å². The number of halogens is 1. The van der Waals surface area contributed by atoms with Gasteiger partial charge in [-0.2, -0.15) is 5.26 Å². The minimum Gasteiger partial charge on any atom is -0.367 e. The lowest BCUT2D eigenvalue weighted by Gasteiger charge is -2.25. The monoisotopic (exact) mass is 290 g/mol. The largest absolute Gasteiger partial charge is 0.367 e. The van der Waals surface area contributed by atoms with Gasteiger partial charge in [0.1, 0.15) is 6.07 Å². The minimum atomic E-state index is 0.678. The molecule has 0 N–H and O–H groups in total. The van der Waals surface area contributed by atoms with Crippen LogP contribution in [0.25, 0.3) is 0 Å². The summed E-state index contributed by atoms with van der Waals surface area (Å²) in [4.78, 5) is 2.46. The van der Waals surface area contributed by atoms with Gasteiger partial charge >= 0.3 is 0 Å². The molecule has 88 valence electrons. The molecule has 0 unspecified atom stereocenters. The van der Waals surface area contributed by atoms with Crippen molar-refractivity contribution in [1.82, 2.24) is 0 Å². The average molecular weight is 291 g/mol. The molecule has 2 saturated carbocycles. The zero-order valence-electron chi connectivity index (χ0n) is 9.69. The third-order valence-corrected chi connectivity index (χ3v) is 4.02. The summed E-state index contributed by atoms with van der Waals surface area (Å²) in [6.45, 7) is 1.13. The Balaban J connectivity index is 1.92. The topological polar surface area (TPSA) is 27.0 Å². The highest BCUT2D eigenvalue weighted by Gasteiger charge is 2.34. The molecule has 0 atom stereocenters. The standard InChI is InChI=1S/C14H15BrN2/c15-12-4-3-11(8-16)14(7-12)17(13-5-6-13)9-10-1-2-10/h3-4,7,10,13H,1-2,5-6,9H2. The van der Waals surface area contributed by atoms with E-state index < -0.39 is 0 Å². The molecular formula is C14H15BrN2. The van der Waals surface area contributed by atoms with E-state index in [1.54, 1.807) is 0 Å². The molecule has 0 heterocycles. The first-order chi connectivity index (χ1) is 8.28. The van der Waals surface area contributed by atoms with E-state index in [9.17, 15) is 5.26 Å². The van der Waals surface area contributed by atoms with Gasteiger partial charge < -0.3 is 4.90 Å². The summed E-state index contributed by atoms with van der Waals surface area (Å²) < 4.78 is 1.06. The van der Waals surface area contributed by atoms with Crippen molar-refractivity contribution in [3.05, 3.63) is 28.2 Å². The lowest BCUT2D eigenvalue weighted by atomic mass is 10.1. The molecule has 1 aromatic carbocycles. The lowest BCUT2D eigenvalue weighted by molar-refractivity contribution is 0.718. The first-order valence-electron chi connectivity index (χ1n) is 6.24. The van der Waals surface area contributed by atoms with Crippen LogP contribution in [0, 0.1) is 17.2 Å². The van der Waals surface area contributed by atoms with E-state index in [1.807, 2.05) is 12.1 Å². The van der Waals surface area contributed by atoms with Crippen molar-refractivity contribution in [3.63, 3.8) is 0 Å². The Labute approximate surface area is 110 Å². The van der Waals surface area contributed by atoms with Crippen LogP contribution in [-0.2, 0) is 0 Å². The minimum absolute atomic E-state index is 0.678. The first-order valence-corrected chi connectivity index (χ1v) is 7.03. The molecule has 0 aliphatic heterocycles. The van der Waals surface area contributed by atoms with E-state index in [1.165, 1.54) is 25.7 Å². The van der Waals surface area contributed by atoms with Gasteiger partial charge in [0, 0.05) is 17.1 Å². The van der Waals surface area contributed by atoms with E-state index in [0.29, 0.717) is 6.04 Å². The number of nitriles is 1. The second-order valence-electron chi connectivity index (χ2n) is 5.10. The summed E-state index contributed by atoms with van der Waals surface area (Å²) in [5, 5.41) is 9.22. The molecule has 0 bridgehead atoms. The molecule has 2 aliphatic rings. The van der Waals surface area contributed by atoms with E-state index in [-0.39, 0.29) is 0 Å². The highest BCUT2D eigenvalue weighted by Crippen LogP contribution is 2.39. The highest BCUT2D eigenvalue weighted by atomic mass is 79.9. The van der Waals surface area contributed by atoms with E-state index >= 15 is 0 Å². The van der Waals surface area contributed by atoms with Crippen molar-refractivity contribution in [2.24, 2.45) is 5.92 Å². The van der Waals surface area contributed by atoms with E-state index in [2.05, 4.69) is 33.0 Å². The Morgan fingerprint density at radius 3 is 2.65 bits per heavy atom. The Hall–Kier alpha value is -1.01. The Bertz CT molecular complexity index is 470. The van der Waals surface area contributed by atoms with Crippen LogP contribution in [0.4, 0.5) is 5.69 Å². The van der Waals surface area contributed by atoms with Crippen molar-refractivity contribution < 1.29 is 0 Å². The van der Waals surface area contributed by atoms with Gasteiger partial charge in [-0.1, -0.05) is 15.9 Å². The predicted molar refractivity (Wildman–Crippen MR) is 71.9 cm³/mol. The van der Waals surface area contributed by atoms with E-state index in [0.717, 1.165) is 28.2 Å². The SMILES string of the molecule is N#Cc1ccc(Br)cc1N(CC1CC1)C1CC1. The van der Waals surface area contributed by atoms with Gasteiger partial charge in [-0.05, 0) is 49.8 Å². The molecule has 2 nitrogen and oxygen atoms in total. The maximum Gasteiger partial charge on any atom is 0.101 e. The maximum absolute atomic E-state index is 9.22. The summed E-state index contributed by atoms with van der Waals surface area (Å²) in [5.41, 5.74) is 1.93. The molecule has 0 spiro atoms. The fourth-order valence-electron chi connectivity index (χ4n) is 2.25. The lowest BCUT2D eigenvalue weighted by Crippen LogP contribution is -2.28. The zero-order valence-corrected chi connectivity index (χ0v) is 11.3. The molecule has 0 radical (unpaired) electrons. The molecule has 3 heteroatoms. The Morgan fingerprint density at radius 1 is 1.29 bits per heavy atom. The van der Waals surface area contributed by atoms with Gasteiger partial charge in [0.25, 0.3) is 0 Å². The number of anilines is 1. The Kier molecular flexibility index (Phi) is 2.84. The molecule has 0 aromatic heterocycles. The summed E-state index contributed by atoms with van der Waals surface area (Å²) in [6.07, 6.45) is 5.28. The van der Waals surface area contributed by atoms with E-state index in [4.69, 9.17) is 0 Å². The zero-order chi connectivity index (χ0) is 11.8. The van der Waals surface area contributed by atoms with Crippen LogP contribution in [0.2, 0.25) is 0 Å². The maximum atomic E-state index is 9.22. The van der Waals surface area contributed by atoms with Gasteiger partial charge in [0.05, 0.1) is 11.3 Å². The second kappa shape index (κ2) is 4.34. The van der Waals surface area contributed by atoms with Gasteiger partial charge in [0.15, 0.2) is 0 Å². The highest BCUT2D eigenvalue weighted by molar-refractivity contribution is 9.10. The summed E-state index contributed by atoms with van der Waals surface area (Å²) >= 11 is 3.51. The van der Waals surface area contributed by atoms with Crippen molar-refractivity contribution >= 4 is 21.6 Å². The van der Waals surface area contributed by atoms with Crippen molar-refractivity contribution in [1.29, 1.82) is 5.26 Å². The number of hydrogen-bond donors (Lipinski definition) is 0. The number of nitrogens with zero attached hydrogens (tertiary/aromatic N) is 2. The summed E-state index contributed by atoms with van der Waals surface area (Å²) in [7, 11) is 0. The fraction of sp³-hybridized carbons (Fsp3) is 0.500. The molecule has 3 rings (SSSR count). The van der Waals surface area contributed by atoms with Gasteiger partial charge in [0.2, 0.25) is 0 Å². The normalized spacial score (nSPS) is 18.8.